The molecule has 0 saturated heterocycles. The van der Waals surface area contributed by atoms with Crippen LogP contribution in [0, 0.1) is 0 Å². The Morgan fingerprint density at radius 1 is 0.929 bits per heavy atom. The third-order valence-electron chi connectivity index (χ3n) is 1.39. The second-order valence-corrected chi connectivity index (χ2v) is 3.45. The Labute approximate surface area is 91.6 Å². The Bertz CT molecular complexity index is 292. The molecule has 2 rings (SSSR count). The SMILES string of the molecule is CC.CCC.c1ccc2cscc2c1. The summed E-state index contributed by atoms with van der Waals surface area (Å²) in [7, 11) is 0. The molecule has 0 aliphatic rings. The van der Waals surface area contributed by atoms with Gasteiger partial charge in [0.15, 0.2) is 0 Å². The Balaban J connectivity index is 0.000000294. The van der Waals surface area contributed by atoms with Gasteiger partial charge >= 0.3 is 0 Å². The van der Waals surface area contributed by atoms with Crippen LogP contribution < -0.4 is 0 Å². The highest BCUT2D eigenvalue weighted by molar-refractivity contribution is 7.09. The Hall–Kier alpha value is -0.820. The first-order chi connectivity index (χ1) is 6.88. The lowest BCUT2D eigenvalue weighted by Crippen LogP contribution is -1.57. The number of hydrogen-bond donors (Lipinski definition) is 0. The van der Waals surface area contributed by atoms with Crippen molar-refractivity contribution in [3.05, 3.63) is 35.0 Å². The van der Waals surface area contributed by atoms with E-state index in [-0.39, 0.29) is 0 Å². The van der Waals surface area contributed by atoms with E-state index in [1.54, 1.807) is 11.3 Å². The summed E-state index contributed by atoms with van der Waals surface area (Å²) >= 11 is 1.75. The van der Waals surface area contributed by atoms with Crippen LogP contribution in [0.1, 0.15) is 34.1 Å². The van der Waals surface area contributed by atoms with E-state index in [1.807, 2.05) is 13.8 Å². The molecule has 0 amide bonds. The largest absolute Gasteiger partial charge is 0.151 e. The first-order valence-corrected chi connectivity index (χ1v) is 6.23. The highest BCUT2D eigenvalue weighted by atomic mass is 32.1. The van der Waals surface area contributed by atoms with Crippen LogP contribution in [0.3, 0.4) is 0 Å². The smallest absolute Gasteiger partial charge is 0.00145 e. The predicted octanol–water partition coefficient (Wildman–Crippen LogP) is 5.34. The van der Waals surface area contributed by atoms with Gasteiger partial charge in [0, 0.05) is 0 Å². The van der Waals surface area contributed by atoms with Crippen LogP contribution in [0.25, 0.3) is 10.8 Å². The fraction of sp³-hybridized carbons (Fsp3) is 0.385. The highest BCUT2D eigenvalue weighted by Crippen LogP contribution is 2.17. The van der Waals surface area contributed by atoms with E-state index in [1.165, 1.54) is 17.2 Å². The summed E-state index contributed by atoms with van der Waals surface area (Å²) in [6.45, 7) is 8.25. The summed E-state index contributed by atoms with van der Waals surface area (Å²) in [4.78, 5) is 0. The molecule has 0 aliphatic carbocycles. The lowest BCUT2D eigenvalue weighted by atomic mass is 10.2. The van der Waals surface area contributed by atoms with E-state index in [9.17, 15) is 0 Å². The lowest BCUT2D eigenvalue weighted by molar-refractivity contribution is 1.09. The summed E-state index contributed by atoms with van der Waals surface area (Å²) in [5, 5.41) is 7.02. The van der Waals surface area contributed by atoms with Crippen LogP contribution in [-0.2, 0) is 0 Å². The Morgan fingerprint density at radius 2 is 1.29 bits per heavy atom. The van der Waals surface area contributed by atoms with Crippen molar-refractivity contribution >= 4 is 22.1 Å². The summed E-state index contributed by atoms with van der Waals surface area (Å²) in [6, 6.07) is 8.39. The van der Waals surface area contributed by atoms with Gasteiger partial charge < -0.3 is 0 Å². The molecule has 0 radical (unpaired) electrons. The zero-order chi connectivity index (χ0) is 10.8. The van der Waals surface area contributed by atoms with Gasteiger partial charge in [-0.3, -0.25) is 0 Å². The summed E-state index contributed by atoms with van der Waals surface area (Å²) < 4.78 is 0. The van der Waals surface area contributed by atoms with E-state index in [4.69, 9.17) is 0 Å². The quantitative estimate of drug-likeness (QED) is 0.548. The van der Waals surface area contributed by atoms with Crippen LogP contribution in [-0.4, -0.2) is 0 Å². The van der Waals surface area contributed by atoms with Crippen molar-refractivity contribution in [1.82, 2.24) is 0 Å². The monoisotopic (exact) mass is 208 g/mol. The molecule has 0 nitrogen and oxygen atoms in total. The van der Waals surface area contributed by atoms with Gasteiger partial charge in [-0.2, -0.15) is 11.3 Å². The van der Waals surface area contributed by atoms with Gasteiger partial charge in [-0.15, -0.1) is 0 Å². The van der Waals surface area contributed by atoms with E-state index >= 15 is 0 Å². The molecule has 0 unspecified atom stereocenters. The van der Waals surface area contributed by atoms with Crippen LogP contribution in [0.4, 0.5) is 0 Å². The minimum atomic E-state index is 1.25. The van der Waals surface area contributed by atoms with Crippen LogP contribution in [0.5, 0.6) is 0 Å². The maximum absolute atomic E-state index is 2.16. The lowest BCUT2D eigenvalue weighted by Gasteiger charge is -1.82. The van der Waals surface area contributed by atoms with Gasteiger partial charge in [0.1, 0.15) is 0 Å². The normalized spacial score (nSPS) is 8.29. The van der Waals surface area contributed by atoms with Crippen molar-refractivity contribution in [3.8, 4) is 0 Å². The molecule has 78 valence electrons. The second-order valence-electron chi connectivity index (χ2n) is 2.71. The zero-order valence-corrected chi connectivity index (χ0v) is 10.4. The van der Waals surface area contributed by atoms with Gasteiger partial charge in [0.2, 0.25) is 0 Å². The fourth-order valence-electron chi connectivity index (χ4n) is 0.906. The molecule has 1 heterocycles. The molecular weight excluding hydrogens is 188 g/mol. The minimum absolute atomic E-state index is 1.25. The van der Waals surface area contributed by atoms with Gasteiger partial charge in [-0.05, 0) is 21.5 Å². The zero-order valence-electron chi connectivity index (χ0n) is 9.58. The topological polar surface area (TPSA) is 0 Å². The second kappa shape index (κ2) is 8.76. The standard InChI is InChI=1S/C8H6S.C3H8.C2H6/c1-2-4-8-6-9-5-7(8)3-1;1-3-2;1-2/h1-6H;3H2,1-2H3;1-2H3. The number of rotatable bonds is 0. The maximum atomic E-state index is 2.16. The molecular formula is C13H20S. The van der Waals surface area contributed by atoms with E-state index in [0.29, 0.717) is 0 Å². The molecule has 1 heteroatoms. The molecule has 0 spiro atoms. The van der Waals surface area contributed by atoms with Crippen molar-refractivity contribution in [3.63, 3.8) is 0 Å². The first kappa shape index (κ1) is 13.2. The summed E-state index contributed by atoms with van der Waals surface area (Å²) in [5.41, 5.74) is 0. The molecule has 0 fully saturated rings. The van der Waals surface area contributed by atoms with Crippen LogP contribution in [0.15, 0.2) is 35.0 Å². The van der Waals surface area contributed by atoms with Gasteiger partial charge in [-0.25, -0.2) is 0 Å². The number of benzene rings is 1. The summed E-state index contributed by atoms with van der Waals surface area (Å²) in [6.07, 6.45) is 1.25. The van der Waals surface area contributed by atoms with Crippen molar-refractivity contribution in [2.24, 2.45) is 0 Å². The third kappa shape index (κ3) is 4.43. The Kier molecular flexibility index (Phi) is 8.25. The van der Waals surface area contributed by atoms with Crippen molar-refractivity contribution < 1.29 is 0 Å². The molecule has 2 aromatic rings. The van der Waals surface area contributed by atoms with E-state index < -0.39 is 0 Å². The third-order valence-corrected chi connectivity index (χ3v) is 2.17. The van der Waals surface area contributed by atoms with Crippen molar-refractivity contribution in [2.75, 3.05) is 0 Å². The van der Waals surface area contributed by atoms with Gasteiger partial charge in [-0.1, -0.05) is 58.4 Å². The molecule has 0 atom stereocenters. The van der Waals surface area contributed by atoms with Crippen molar-refractivity contribution in [1.29, 1.82) is 0 Å². The molecule has 0 bridgehead atoms. The molecule has 0 aliphatic heterocycles. The van der Waals surface area contributed by atoms with Crippen molar-refractivity contribution in [2.45, 2.75) is 34.1 Å². The summed E-state index contributed by atoms with van der Waals surface area (Å²) in [5.74, 6) is 0. The molecule has 1 aromatic carbocycles. The fourth-order valence-corrected chi connectivity index (χ4v) is 1.70. The molecule has 0 saturated carbocycles. The predicted molar refractivity (Wildman–Crippen MR) is 69.1 cm³/mol. The average molecular weight is 208 g/mol. The number of fused-ring (bicyclic) bond motifs is 1. The maximum Gasteiger partial charge on any atom is -0.00145 e. The highest BCUT2D eigenvalue weighted by Gasteiger charge is 1.87. The van der Waals surface area contributed by atoms with E-state index in [2.05, 4.69) is 48.9 Å². The number of hydrogen-bond acceptors (Lipinski definition) is 1. The van der Waals surface area contributed by atoms with Crippen LogP contribution in [0.2, 0.25) is 0 Å². The van der Waals surface area contributed by atoms with Gasteiger partial charge in [0.05, 0.1) is 0 Å². The molecule has 0 N–H and O–H groups in total. The average Bonchev–Trinajstić information content (AvgIpc) is 2.69. The number of thiophene rings is 1. The molecule has 1 aromatic heterocycles. The van der Waals surface area contributed by atoms with Gasteiger partial charge in [0.25, 0.3) is 0 Å². The molecule has 14 heavy (non-hydrogen) atoms. The minimum Gasteiger partial charge on any atom is -0.151 e. The first-order valence-electron chi connectivity index (χ1n) is 5.29. The van der Waals surface area contributed by atoms with Crippen LogP contribution >= 0.6 is 11.3 Å². The van der Waals surface area contributed by atoms with E-state index in [0.717, 1.165) is 0 Å². The Morgan fingerprint density at radius 3 is 1.64 bits per heavy atom.